The van der Waals surface area contributed by atoms with E-state index in [1.54, 1.807) is 30.3 Å². The second-order valence-electron chi connectivity index (χ2n) is 6.20. The topological polar surface area (TPSA) is 54.5 Å². The molecule has 1 fully saturated rings. The van der Waals surface area contributed by atoms with E-state index in [4.69, 9.17) is 0 Å². The van der Waals surface area contributed by atoms with Crippen LogP contribution in [-0.2, 0) is 21.1 Å². The smallest absolute Gasteiger partial charge is 0.227 e. The number of halogens is 1. The third-order valence-electron chi connectivity index (χ3n) is 4.56. The molecule has 0 bridgehead atoms. The normalized spacial score (nSPS) is 20.0. The number of amides is 1. The molecule has 4 nitrogen and oxygen atoms in total. The highest BCUT2D eigenvalue weighted by atomic mass is 32.2. The third-order valence-corrected chi connectivity index (χ3v) is 6.69. The molecule has 0 saturated carbocycles. The van der Waals surface area contributed by atoms with Crippen molar-refractivity contribution < 1.29 is 17.6 Å². The second kappa shape index (κ2) is 7.35. The first-order chi connectivity index (χ1) is 12.0. The standard InChI is InChI=1S/C19H20FNO3S/c20-17-9-5-4-8-16(17)14-19(22)21-11-10-18(25(23,24)13-12-21)15-6-2-1-3-7-15/h1-9,18H,10-14H2. The van der Waals surface area contributed by atoms with Crippen LogP contribution in [0.15, 0.2) is 54.6 Å². The Morgan fingerprint density at radius 3 is 2.44 bits per heavy atom. The molecule has 1 aliphatic rings. The molecule has 0 radical (unpaired) electrons. The number of sulfone groups is 1. The number of carbonyl (C=O) groups is 1. The molecule has 132 valence electrons. The number of carbonyl (C=O) groups excluding carboxylic acids is 1. The fourth-order valence-corrected chi connectivity index (χ4v) is 4.95. The maximum Gasteiger partial charge on any atom is 0.227 e. The van der Waals surface area contributed by atoms with Gasteiger partial charge in [0.25, 0.3) is 0 Å². The molecule has 1 saturated heterocycles. The van der Waals surface area contributed by atoms with Gasteiger partial charge < -0.3 is 4.90 Å². The molecule has 1 heterocycles. The van der Waals surface area contributed by atoms with Gasteiger partial charge in [0.2, 0.25) is 5.91 Å². The van der Waals surface area contributed by atoms with Crippen LogP contribution >= 0.6 is 0 Å². The van der Waals surface area contributed by atoms with E-state index in [0.717, 1.165) is 5.56 Å². The lowest BCUT2D eigenvalue weighted by molar-refractivity contribution is -0.130. The Bertz CT molecular complexity index is 852. The first kappa shape index (κ1) is 17.6. The van der Waals surface area contributed by atoms with E-state index in [0.29, 0.717) is 18.5 Å². The summed E-state index contributed by atoms with van der Waals surface area (Å²) in [6.45, 7) is 0.505. The lowest BCUT2D eigenvalue weighted by Gasteiger charge is -2.20. The van der Waals surface area contributed by atoms with E-state index in [1.165, 1.54) is 11.0 Å². The molecular weight excluding hydrogens is 341 g/mol. The lowest BCUT2D eigenvalue weighted by atomic mass is 10.1. The summed E-state index contributed by atoms with van der Waals surface area (Å²) in [4.78, 5) is 14.0. The van der Waals surface area contributed by atoms with Crippen LogP contribution in [0.3, 0.4) is 0 Å². The predicted octanol–water partition coefficient (Wildman–Crippen LogP) is 2.76. The van der Waals surface area contributed by atoms with E-state index in [-0.39, 0.29) is 24.6 Å². The highest BCUT2D eigenvalue weighted by Crippen LogP contribution is 2.29. The summed E-state index contributed by atoms with van der Waals surface area (Å²) in [6.07, 6.45) is 0.304. The molecule has 1 aliphatic heterocycles. The zero-order valence-corrected chi connectivity index (χ0v) is 14.6. The van der Waals surface area contributed by atoms with Crippen LogP contribution < -0.4 is 0 Å². The van der Waals surface area contributed by atoms with Crippen molar-refractivity contribution >= 4 is 15.7 Å². The maximum absolute atomic E-state index is 13.7. The highest BCUT2D eigenvalue weighted by molar-refractivity contribution is 7.91. The van der Waals surface area contributed by atoms with E-state index in [9.17, 15) is 17.6 Å². The van der Waals surface area contributed by atoms with Gasteiger partial charge in [-0.05, 0) is 23.6 Å². The zero-order chi connectivity index (χ0) is 17.9. The fraction of sp³-hybridized carbons (Fsp3) is 0.316. The molecule has 0 spiro atoms. The summed E-state index contributed by atoms with van der Waals surface area (Å²) in [5.41, 5.74) is 1.09. The Morgan fingerprint density at radius 2 is 1.72 bits per heavy atom. The summed E-state index contributed by atoms with van der Waals surface area (Å²) >= 11 is 0. The first-order valence-corrected chi connectivity index (χ1v) is 9.96. The monoisotopic (exact) mass is 361 g/mol. The van der Waals surface area contributed by atoms with Crippen LogP contribution in [0, 0.1) is 5.82 Å². The van der Waals surface area contributed by atoms with Crippen molar-refractivity contribution in [2.24, 2.45) is 0 Å². The van der Waals surface area contributed by atoms with Gasteiger partial charge in [0.1, 0.15) is 5.82 Å². The molecule has 1 unspecified atom stereocenters. The minimum absolute atomic E-state index is 0.0529. The molecule has 2 aromatic carbocycles. The lowest BCUT2D eigenvalue weighted by Crippen LogP contribution is -2.34. The van der Waals surface area contributed by atoms with Crippen LogP contribution in [0.25, 0.3) is 0 Å². The van der Waals surface area contributed by atoms with Crippen molar-refractivity contribution in [3.05, 3.63) is 71.5 Å². The van der Waals surface area contributed by atoms with Crippen LogP contribution in [0.5, 0.6) is 0 Å². The Morgan fingerprint density at radius 1 is 1.04 bits per heavy atom. The summed E-state index contributed by atoms with van der Waals surface area (Å²) in [5, 5.41) is -0.597. The summed E-state index contributed by atoms with van der Waals surface area (Å²) < 4.78 is 38.9. The fourth-order valence-electron chi connectivity index (χ4n) is 3.15. The Kier molecular flexibility index (Phi) is 5.18. The number of hydrogen-bond acceptors (Lipinski definition) is 3. The minimum Gasteiger partial charge on any atom is -0.341 e. The number of benzene rings is 2. The summed E-state index contributed by atoms with van der Waals surface area (Å²) in [5.74, 6) is -0.732. The van der Waals surface area contributed by atoms with Gasteiger partial charge >= 0.3 is 0 Å². The van der Waals surface area contributed by atoms with Gasteiger partial charge in [-0.15, -0.1) is 0 Å². The third kappa shape index (κ3) is 4.07. The van der Waals surface area contributed by atoms with Crippen LogP contribution in [0.4, 0.5) is 4.39 Å². The van der Waals surface area contributed by atoms with Crippen molar-refractivity contribution in [3.8, 4) is 0 Å². The van der Waals surface area contributed by atoms with Crippen molar-refractivity contribution in [2.45, 2.75) is 18.1 Å². The van der Waals surface area contributed by atoms with Crippen LogP contribution in [-0.4, -0.2) is 38.1 Å². The van der Waals surface area contributed by atoms with Crippen molar-refractivity contribution in [2.75, 3.05) is 18.8 Å². The molecule has 3 rings (SSSR count). The van der Waals surface area contributed by atoms with Crippen molar-refractivity contribution in [3.63, 3.8) is 0 Å². The molecule has 0 aromatic heterocycles. The molecule has 6 heteroatoms. The summed E-state index contributed by atoms with van der Waals surface area (Å²) in [6, 6.07) is 15.2. The largest absolute Gasteiger partial charge is 0.341 e. The van der Waals surface area contributed by atoms with Gasteiger partial charge in [-0.25, -0.2) is 12.8 Å². The molecule has 1 atom stereocenters. The first-order valence-electron chi connectivity index (χ1n) is 8.25. The van der Waals surface area contributed by atoms with E-state index in [2.05, 4.69) is 0 Å². The molecule has 0 aliphatic carbocycles. The van der Waals surface area contributed by atoms with E-state index < -0.39 is 20.9 Å². The number of hydrogen-bond donors (Lipinski definition) is 0. The quantitative estimate of drug-likeness (QED) is 0.845. The second-order valence-corrected chi connectivity index (χ2v) is 8.51. The Hall–Kier alpha value is -2.21. The van der Waals surface area contributed by atoms with Gasteiger partial charge in [-0.1, -0.05) is 48.5 Å². The van der Waals surface area contributed by atoms with Gasteiger partial charge in [0.05, 0.1) is 17.4 Å². The SMILES string of the molecule is O=C(Cc1ccccc1F)N1CCC(c2ccccc2)S(=O)(=O)CC1. The molecule has 25 heavy (non-hydrogen) atoms. The Labute approximate surface area is 147 Å². The average Bonchev–Trinajstić information content (AvgIpc) is 2.76. The average molecular weight is 361 g/mol. The van der Waals surface area contributed by atoms with Crippen LogP contribution in [0.2, 0.25) is 0 Å². The van der Waals surface area contributed by atoms with Gasteiger partial charge in [-0.2, -0.15) is 0 Å². The molecule has 2 aromatic rings. The Balaban J connectivity index is 1.74. The van der Waals surface area contributed by atoms with E-state index >= 15 is 0 Å². The zero-order valence-electron chi connectivity index (χ0n) is 13.8. The predicted molar refractivity (Wildman–Crippen MR) is 94.3 cm³/mol. The van der Waals surface area contributed by atoms with E-state index in [1.807, 2.05) is 18.2 Å². The van der Waals surface area contributed by atoms with Gasteiger partial charge in [0, 0.05) is 13.1 Å². The minimum atomic E-state index is -3.33. The van der Waals surface area contributed by atoms with Gasteiger partial charge in [0.15, 0.2) is 9.84 Å². The molecular formula is C19H20FNO3S. The molecule has 0 N–H and O–H groups in total. The van der Waals surface area contributed by atoms with Gasteiger partial charge in [-0.3, -0.25) is 4.79 Å². The van der Waals surface area contributed by atoms with Crippen molar-refractivity contribution in [1.82, 2.24) is 4.90 Å². The number of rotatable bonds is 3. The number of nitrogens with zero attached hydrogens (tertiary/aromatic N) is 1. The van der Waals surface area contributed by atoms with Crippen molar-refractivity contribution in [1.29, 1.82) is 0 Å². The van der Waals surface area contributed by atoms with Crippen LogP contribution in [0.1, 0.15) is 22.8 Å². The summed E-state index contributed by atoms with van der Waals surface area (Å²) in [7, 11) is -3.33. The highest BCUT2D eigenvalue weighted by Gasteiger charge is 2.32. The molecule has 1 amide bonds. The maximum atomic E-state index is 13.7.